The number of nitrogens with zero attached hydrogens (tertiary/aromatic N) is 2. The molecule has 3 aliphatic rings. The van der Waals surface area contributed by atoms with Gasteiger partial charge in [0.15, 0.2) is 0 Å². The summed E-state index contributed by atoms with van der Waals surface area (Å²) < 4.78 is 0. The van der Waals surface area contributed by atoms with Gasteiger partial charge < -0.3 is 20.1 Å². The number of carbonyl (C=O) groups is 3. The third-order valence-electron chi connectivity index (χ3n) is 6.64. The third kappa shape index (κ3) is 2.82. The summed E-state index contributed by atoms with van der Waals surface area (Å²) in [6.45, 7) is 2.76. The van der Waals surface area contributed by atoms with Crippen molar-refractivity contribution in [2.75, 3.05) is 13.1 Å². The average molecular weight is 394 g/mol. The van der Waals surface area contributed by atoms with Crippen LogP contribution in [0.1, 0.15) is 49.9 Å². The Morgan fingerprint density at radius 2 is 2.03 bits per heavy atom. The number of para-hydroxylation sites is 1. The van der Waals surface area contributed by atoms with Gasteiger partial charge in [0.05, 0.1) is 6.04 Å². The zero-order valence-corrected chi connectivity index (χ0v) is 16.6. The van der Waals surface area contributed by atoms with E-state index in [0.717, 1.165) is 41.4 Å². The van der Waals surface area contributed by atoms with Gasteiger partial charge in [0.25, 0.3) is 0 Å². The van der Waals surface area contributed by atoms with E-state index in [4.69, 9.17) is 0 Å². The Balaban J connectivity index is 1.54. The maximum atomic E-state index is 13.4. The molecule has 7 nitrogen and oxygen atoms in total. The molecule has 3 aliphatic heterocycles. The van der Waals surface area contributed by atoms with Crippen molar-refractivity contribution in [1.29, 1.82) is 0 Å². The Morgan fingerprint density at radius 1 is 1.21 bits per heavy atom. The molecule has 0 spiro atoms. The number of hydrogen-bond donors (Lipinski definition) is 2. The van der Waals surface area contributed by atoms with Gasteiger partial charge in [0.2, 0.25) is 17.7 Å². The summed E-state index contributed by atoms with van der Waals surface area (Å²) in [5.74, 6) is 0.125. The molecule has 0 saturated carbocycles. The lowest BCUT2D eigenvalue weighted by molar-refractivity contribution is -0.163. The number of aromatic nitrogens is 1. The molecule has 2 fully saturated rings. The smallest absolute Gasteiger partial charge is 0.246 e. The largest absolute Gasteiger partial charge is 0.356 e. The fourth-order valence-electron chi connectivity index (χ4n) is 5.38. The van der Waals surface area contributed by atoms with E-state index in [2.05, 4.69) is 16.4 Å². The maximum Gasteiger partial charge on any atom is 0.246 e. The van der Waals surface area contributed by atoms with Crippen molar-refractivity contribution in [1.82, 2.24) is 20.1 Å². The molecule has 4 heterocycles. The highest BCUT2D eigenvalue weighted by molar-refractivity contribution is 5.99. The quantitative estimate of drug-likeness (QED) is 0.777. The fourth-order valence-corrected chi connectivity index (χ4v) is 5.38. The van der Waals surface area contributed by atoms with E-state index < -0.39 is 6.04 Å². The second-order valence-corrected chi connectivity index (χ2v) is 8.36. The van der Waals surface area contributed by atoms with E-state index in [1.165, 1.54) is 6.92 Å². The van der Waals surface area contributed by atoms with Crippen LogP contribution in [0.15, 0.2) is 24.3 Å². The van der Waals surface area contributed by atoms with Crippen molar-refractivity contribution in [2.24, 2.45) is 0 Å². The van der Waals surface area contributed by atoms with Crippen LogP contribution in [0.2, 0.25) is 0 Å². The van der Waals surface area contributed by atoms with Crippen LogP contribution in [-0.4, -0.2) is 57.7 Å². The van der Waals surface area contributed by atoms with Gasteiger partial charge in [-0.15, -0.1) is 0 Å². The van der Waals surface area contributed by atoms with Crippen molar-refractivity contribution in [2.45, 2.75) is 57.2 Å². The number of nitrogens with one attached hydrogen (secondary N) is 2. The number of aromatic amines is 1. The number of benzene rings is 1. The van der Waals surface area contributed by atoms with Gasteiger partial charge in [-0.1, -0.05) is 18.2 Å². The Bertz CT molecular complexity index is 997. The molecule has 5 rings (SSSR count). The zero-order valence-electron chi connectivity index (χ0n) is 16.6. The lowest BCUT2D eigenvalue weighted by atomic mass is 9.86. The van der Waals surface area contributed by atoms with Crippen LogP contribution in [0.3, 0.4) is 0 Å². The van der Waals surface area contributed by atoms with Gasteiger partial charge in [-0.05, 0) is 37.3 Å². The summed E-state index contributed by atoms with van der Waals surface area (Å²) in [6.07, 6.45) is 3.67. The fraction of sp³-hybridized carbons (Fsp3) is 0.500. The normalized spacial score (nSPS) is 25.8. The molecule has 0 aliphatic carbocycles. The lowest BCUT2D eigenvalue weighted by Crippen LogP contribution is -2.65. The first-order chi connectivity index (χ1) is 14.1. The third-order valence-corrected chi connectivity index (χ3v) is 6.64. The highest BCUT2D eigenvalue weighted by Gasteiger charge is 2.52. The van der Waals surface area contributed by atoms with Crippen LogP contribution in [-0.2, 0) is 20.8 Å². The average Bonchev–Trinajstić information content (AvgIpc) is 3.34. The maximum absolute atomic E-state index is 13.4. The predicted molar refractivity (Wildman–Crippen MR) is 108 cm³/mol. The molecule has 0 bridgehead atoms. The Labute approximate surface area is 169 Å². The van der Waals surface area contributed by atoms with E-state index in [-0.39, 0.29) is 29.8 Å². The van der Waals surface area contributed by atoms with Crippen LogP contribution in [0, 0.1) is 0 Å². The Hall–Kier alpha value is -2.83. The summed E-state index contributed by atoms with van der Waals surface area (Å²) >= 11 is 0. The first-order valence-electron chi connectivity index (χ1n) is 10.5. The predicted octanol–water partition coefficient (Wildman–Crippen LogP) is 1.88. The minimum absolute atomic E-state index is 0.0522. The first kappa shape index (κ1) is 18.2. The van der Waals surface area contributed by atoms with Crippen LogP contribution < -0.4 is 5.32 Å². The molecule has 2 aromatic rings. The molecule has 2 N–H and O–H groups in total. The minimum Gasteiger partial charge on any atom is -0.356 e. The van der Waals surface area contributed by atoms with Crippen molar-refractivity contribution >= 4 is 28.6 Å². The summed E-state index contributed by atoms with van der Waals surface area (Å²) in [7, 11) is 0. The molecule has 0 radical (unpaired) electrons. The second kappa shape index (κ2) is 6.90. The molecule has 3 atom stereocenters. The second-order valence-electron chi connectivity index (χ2n) is 8.36. The SMILES string of the molecule is CC(=O)NCCC[C@H]1c2[nH]c3ccccc3c2C[C@H]2C(=O)N3CCC[C@H]3C(=O)N21. The van der Waals surface area contributed by atoms with Crippen molar-refractivity contribution < 1.29 is 14.4 Å². The summed E-state index contributed by atoms with van der Waals surface area (Å²) in [5.41, 5.74) is 3.26. The molecule has 7 heteroatoms. The van der Waals surface area contributed by atoms with Crippen molar-refractivity contribution in [3.8, 4) is 0 Å². The molecule has 1 aromatic heterocycles. The van der Waals surface area contributed by atoms with E-state index in [9.17, 15) is 14.4 Å². The first-order valence-corrected chi connectivity index (χ1v) is 10.5. The van der Waals surface area contributed by atoms with E-state index in [0.29, 0.717) is 25.9 Å². The standard InChI is InChI=1S/C22H26N4O3/c1-13(27)23-10-4-8-17-20-15(14-6-2-3-7-16(14)24-20)12-19-21(28)25-11-5-9-18(25)22(29)26(17)19/h2-3,6-7,17-19,24H,4-5,8-12H2,1H3,(H,23,27)/t17-,18-,19-/m0/s1. The molecule has 3 amide bonds. The number of fused-ring (bicyclic) bond motifs is 5. The number of H-pyrrole nitrogens is 1. The highest BCUT2D eigenvalue weighted by atomic mass is 16.2. The number of amides is 3. The van der Waals surface area contributed by atoms with Gasteiger partial charge in [-0.25, -0.2) is 0 Å². The number of piperazine rings is 1. The molecule has 0 unspecified atom stereocenters. The Kier molecular flexibility index (Phi) is 4.33. The van der Waals surface area contributed by atoms with Crippen molar-refractivity contribution in [3.63, 3.8) is 0 Å². The molecular weight excluding hydrogens is 368 g/mol. The topological polar surface area (TPSA) is 85.5 Å². The van der Waals surface area contributed by atoms with Crippen molar-refractivity contribution in [3.05, 3.63) is 35.5 Å². The van der Waals surface area contributed by atoms with Gasteiger partial charge >= 0.3 is 0 Å². The number of rotatable bonds is 4. The van der Waals surface area contributed by atoms with Gasteiger partial charge in [0, 0.05) is 43.0 Å². The highest BCUT2D eigenvalue weighted by Crippen LogP contribution is 2.43. The van der Waals surface area contributed by atoms with Crippen LogP contribution >= 0.6 is 0 Å². The number of carbonyl (C=O) groups excluding carboxylic acids is 3. The minimum atomic E-state index is -0.422. The molecular formula is C22H26N4O3. The zero-order chi connectivity index (χ0) is 20.1. The summed E-state index contributed by atoms with van der Waals surface area (Å²) in [5, 5.41) is 3.97. The summed E-state index contributed by atoms with van der Waals surface area (Å²) in [4.78, 5) is 45.1. The Morgan fingerprint density at radius 3 is 2.86 bits per heavy atom. The van der Waals surface area contributed by atoms with Crippen LogP contribution in [0.5, 0.6) is 0 Å². The molecule has 29 heavy (non-hydrogen) atoms. The van der Waals surface area contributed by atoms with Gasteiger partial charge in [-0.2, -0.15) is 0 Å². The van der Waals surface area contributed by atoms with E-state index >= 15 is 0 Å². The van der Waals surface area contributed by atoms with E-state index in [1.807, 2.05) is 23.1 Å². The van der Waals surface area contributed by atoms with Crippen LogP contribution in [0.4, 0.5) is 0 Å². The van der Waals surface area contributed by atoms with Crippen LogP contribution in [0.25, 0.3) is 10.9 Å². The number of hydrogen-bond acceptors (Lipinski definition) is 3. The monoisotopic (exact) mass is 394 g/mol. The molecule has 152 valence electrons. The molecule has 1 aromatic carbocycles. The molecule has 2 saturated heterocycles. The van der Waals surface area contributed by atoms with Gasteiger partial charge in [0.1, 0.15) is 12.1 Å². The lowest BCUT2D eigenvalue weighted by Gasteiger charge is -2.48. The van der Waals surface area contributed by atoms with E-state index in [1.54, 1.807) is 4.90 Å². The van der Waals surface area contributed by atoms with Gasteiger partial charge in [-0.3, -0.25) is 14.4 Å². The summed E-state index contributed by atoms with van der Waals surface area (Å²) in [6, 6.07) is 7.25.